The van der Waals surface area contributed by atoms with Crippen LogP contribution in [-0.4, -0.2) is 40.5 Å². The Labute approximate surface area is 241 Å². The number of hydrogen-bond acceptors (Lipinski definition) is 8. The number of fused-ring (bicyclic) bond motifs is 2. The molecule has 0 aromatic heterocycles. The van der Waals surface area contributed by atoms with Gasteiger partial charge in [0, 0.05) is 5.56 Å². The van der Waals surface area contributed by atoms with Crippen molar-refractivity contribution in [2.75, 3.05) is 16.3 Å². The van der Waals surface area contributed by atoms with Gasteiger partial charge in [0.05, 0.1) is 23.0 Å². The molecule has 3 aliphatic rings. The summed E-state index contributed by atoms with van der Waals surface area (Å²) < 4.78 is 51.4. The molecule has 1 aliphatic heterocycles. The molecule has 5 N–H and O–H groups in total. The zero-order valence-electron chi connectivity index (χ0n) is 22.0. The number of nitrogens with one attached hydrogen (secondary N) is 2. The van der Waals surface area contributed by atoms with E-state index in [2.05, 4.69) is 14.4 Å². The fourth-order valence-corrected chi connectivity index (χ4v) is 7.33. The van der Waals surface area contributed by atoms with Gasteiger partial charge in [0.25, 0.3) is 0 Å². The Kier molecular flexibility index (Phi) is 7.63. The molecule has 5 rings (SSSR count). The van der Waals surface area contributed by atoms with E-state index in [-0.39, 0.29) is 70.2 Å². The summed E-state index contributed by atoms with van der Waals surface area (Å²) in [6, 6.07) is 11.5. The smallest absolute Gasteiger partial charge is 1.00 e. The van der Waals surface area contributed by atoms with E-state index in [1.807, 2.05) is 19.1 Å². The first-order valence-corrected chi connectivity index (χ1v) is 15.1. The molecular weight excluding hydrogens is 525 g/mol. The number of aliphatic hydroxyl groups excluding tert-OH is 1. The zero-order chi connectivity index (χ0) is 25.9. The van der Waals surface area contributed by atoms with Crippen molar-refractivity contribution in [2.24, 2.45) is 10.3 Å². The minimum atomic E-state index is -3.81. The number of carbonyl (C=O) groups is 1. The van der Waals surface area contributed by atoms with Gasteiger partial charge >= 0.3 is 29.6 Å². The Morgan fingerprint density at radius 3 is 2.54 bits per heavy atom. The number of Topliss-reactive ketones (excluding diaryl/α,β-unsaturated/α-hetero) is 1. The Hall–Kier alpha value is -1.86. The molecule has 1 atom stereocenters. The van der Waals surface area contributed by atoms with Gasteiger partial charge in [0.15, 0.2) is 11.6 Å². The third kappa shape index (κ3) is 5.23. The topological polar surface area (TPSA) is 148 Å². The standard InChI is InChI=1S/C25H29N3O6S2.Na.H/c1-25(14-15-7-3-4-8-15)18-10-6-5-9-17(18)22(29)21(23(25)30)24-26-19-12-11-16(27-35(2,31)32)13-20(19)36(33,34)28-24;;/h5-6,9-13,15,27,29,33-34H,3-4,7-8,14H2,1-2H3,(H,26,28);;/q;+1;-1. The number of carbonyl (C=O) groups excluding carboxylic acids is 1. The normalized spacial score (nSPS) is 23.8. The number of hydrogen-bond donors (Lipinski definition) is 5. The molecule has 194 valence electrons. The molecule has 9 nitrogen and oxygen atoms in total. The zero-order valence-corrected chi connectivity index (χ0v) is 24.6. The predicted molar refractivity (Wildman–Crippen MR) is 143 cm³/mol. The van der Waals surface area contributed by atoms with E-state index in [0.29, 0.717) is 17.9 Å². The second kappa shape index (κ2) is 10.0. The molecule has 1 fully saturated rings. The largest absolute Gasteiger partial charge is 1.00 e. The van der Waals surface area contributed by atoms with Gasteiger partial charge < -0.3 is 11.8 Å². The third-order valence-electron chi connectivity index (χ3n) is 7.20. The van der Waals surface area contributed by atoms with Crippen molar-refractivity contribution in [2.45, 2.75) is 49.3 Å². The Bertz CT molecular complexity index is 1440. The molecule has 12 heteroatoms. The van der Waals surface area contributed by atoms with Gasteiger partial charge in [-0.05, 0) is 43.0 Å². The average molecular weight is 556 g/mol. The van der Waals surface area contributed by atoms with Crippen LogP contribution >= 0.6 is 10.8 Å². The molecular formula is C25H30N3NaO6S2. The van der Waals surface area contributed by atoms with Crippen LogP contribution in [0.3, 0.4) is 0 Å². The first-order chi connectivity index (χ1) is 16.9. The third-order valence-corrected chi connectivity index (χ3v) is 9.17. The van der Waals surface area contributed by atoms with E-state index in [1.54, 1.807) is 12.1 Å². The SMILES string of the molecule is CC1(CC2CCCC2)C(=O)C(C2=NS(O)(O)c3cc(NS(C)(=O)=O)ccc3N2)=C(O)c2ccccc21.[H-].[Na+]. The Balaban J connectivity index is 0.00000200. The van der Waals surface area contributed by atoms with Crippen LogP contribution in [0.15, 0.2) is 57.3 Å². The molecule has 2 aromatic rings. The second-order valence-corrected chi connectivity index (χ2v) is 13.4. The van der Waals surface area contributed by atoms with Gasteiger partial charge in [-0.25, -0.2) is 8.42 Å². The summed E-state index contributed by atoms with van der Waals surface area (Å²) in [6.45, 7) is 1.89. The van der Waals surface area contributed by atoms with Crippen molar-refractivity contribution in [3.63, 3.8) is 0 Å². The van der Waals surface area contributed by atoms with E-state index < -0.39 is 26.2 Å². The minimum Gasteiger partial charge on any atom is -1.00 e. The molecule has 1 unspecified atom stereocenters. The molecule has 0 radical (unpaired) electrons. The maximum absolute atomic E-state index is 14.1. The van der Waals surface area contributed by atoms with E-state index in [0.717, 1.165) is 37.5 Å². The maximum Gasteiger partial charge on any atom is 1.00 e. The number of rotatable bonds is 5. The monoisotopic (exact) mass is 555 g/mol. The van der Waals surface area contributed by atoms with Crippen molar-refractivity contribution < 1.29 is 58.4 Å². The van der Waals surface area contributed by atoms with Crippen molar-refractivity contribution in [1.29, 1.82) is 0 Å². The van der Waals surface area contributed by atoms with Gasteiger partial charge in [0.1, 0.15) is 16.2 Å². The van der Waals surface area contributed by atoms with Crippen LogP contribution in [-0.2, 0) is 20.2 Å². The molecule has 0 bridgehead atoms. The molecule has 0 saturated heterocycles. The Morgan fingerprint density at radius 2 is 1.86 bits per heavy atom. The molecule has 37 heavy (non-hydrogen) atoms. The number of sulfonamides is 1. The number of nitrogens with zero attached hydrogens (tertiary/aromatic N) is 1. The predicted octanol–water partition coefficient (Wildman–Crippen LogP) is 2.41. The van der Waals surface area contributed by atoms with Crippen LogP contribution < -0.4 is 39.6 Å². The number of ketones is 1. The first kappa shape index (κ1) is 28.2. The maximum atomic E-state index is 14.1. The van der Waals surface area contributed by atoms with Crippen LogP contribution in [0.4, 0.5) is 11.4 Å². The van der Waals surface area contributed by atoms with Crippen LogP contribution in [0.2, 0.25) is 0 Å². The van der Waals surface area contributed by atoms with Crippen molar-refractivity contribution >= 4 is 49.6 Å². The van der Waals surface area contributed by atoms with Gasteiger partial charge in [-0.2, -0.15) is 0 Å². The molecule has 1 saturated carbocycles. The van der Waals surface area contributed by atoms with Gasteiger partial charge in [-0.15, -0.1) is 4.40 Å². The summed E-state index contributed by atoms with van der Waals surface area (Å²) in [7, 11) is -7.39. The van der Waals surface area contributed by atoms with Gasteiger partial charge in [-0.3, -0.25) is 18.6 Å². The van der Waals surface area contributed by atoms with Crippen molar-refractivity contribution in [3.05, 3.63) is 59.2 Å². The van der Waals surface area contributed by atoms with Crippen molar-refractivity contribution in [1.82, 2.24) is 0 Å². The number of aliphatic hydroxyl groups is 1. The van der Waals surface area contributed by atoms with Crippen LogP contribution in [0.25, 0.3) is 5.76 Å². The van der Waals surface area contributed by atoms with Gasteiger partial charge in [0.2, 0.25) is 10.0 Å². The Morgan fingerprint density at radius 1 is 1.19 bits per heavy atom. The van der Waals surface area contributed by atoms with Crippen LogP contribution in [0.1, 0.15) is 51.6 Å². The number of benzene rings is 2. The quantitative estimate of drug-likeness (QED) is 0.356. The van der Waals surface area contributed by atoms with Crippen molar-refractivity contribution in [3.8, 4) is 0 Å². The van der Waals surface area contributed by atoms with E-state index in [1.165, 1.54) is 18.2 Å². The van der Waals surface area contributed by atoms with E-state index in [4.69, 9.17) is 0 Å². The summed E-state index contributed by atoms with van der Waals surface area (Å²) >= 11 is 0. The fraction of sp³-hybridized carbons (Fsp3) is 0.360. The molecule has 1 heterocycles. The summed E-state index contributed by atoms with van der Waals surface area (Å²) in [5.41, 5.74) is 0.673. The second-order valence-electron chi connectivity index (χ2n) is 9.95. The molecule has 0 spiro atoms. The minimum absolute atomic E-state index is 0. The fourth-order valence-electron chi connectivity index (χ4n) is 5.59. The van der Waals surface area contributed by atoms with E-state index in [9.17, 15) is 27.4 Å². The molecule has 0 amide bonds. The first-order valence-electron chi connectivity index (χ1n) is 11.7. The van der Waals surface area contributed by atoms with Gasteiger partial charge in [-0.1, -0.05) is 60.7 Å². The number of amidine groups is 1. The van der Waals surface area contributed by atoms with Crippen LogP contribution in [0, 0.1) is 5.92 Å². The summed E-state index contributed by atoms with van der Waals surface area (Å²) in [6.07, 6.45) is 5.98. The van der Waals surface area contributed by atoms with Crippen LogP contribution in [0.5, 0.6) is 0 Å². The summed E-state index contributed by atoms with van der Waals surface area (Å²) in [5.74, 6) is -0.330. The molecule has 2 aliphatic carbocycles. The van der Waals surface area contributed by atoms with E-state index >= 15 is 0 Å². The number of anilines is 2. The molecule has 2 aromatic carbocycles. The summed E-state index contributed by atoms with van der Waals surface area (Å²) in [5, 5.41) is 14.2. The summed E-state index contributed by atoms with van der Waals surface area (Å²) in [4.78, 5) is 14.1. The average Bonchev–Trinajstić information content (AvgIpc) is 3.30.